The van der Waals surface area contributed by atoms with E-state index in [0.717, 1.165) is 10.3 Å². The minimum atomic E-state index is -1.57. The summed E-state index contributed by atoms with van der Waals surface area (Å²) >= 11 is 6.41. The molecule has 0 bridgehead atoms. The highest BCUT2D eigenvalue weighted by Crippen LogP contribution is 2.66. The van der Waals surface area contributed by atoms with Crippen molar-refractivity contribution in [1.29, 1.82) is 0 Å². The first-order valence-corrected chi connectivity index (χ1v) is 17.7. The topological polar surface area (TPSA) is 138 Å². The number of hydrogen-bond acceptors (Lipinski definition) is 7. The molecule has 4 amide bonds. The molecule has 1 N–H and O–H groups in total. The molecular weight excluding hydrogens is 694 g/mol. The van der Waals surface area contributed by atoms with Crippen LogP contribution in [0.15, 0.2) is 127 Å². The molecule has 2 aliphatic heterocycles. The molecule has 3 fully saturated rings. The van der Waals surface area contributed by atoms with E-state index >= 15 is 9.59 Å². The van der Waals surface area contributed by atoms with Crippen LogP contribution in [0.2, 0.25) is 5.02 Å². The number of nitrogens with zero attached hydrogens (tertiary/aromatic N) is 3. The van der Waals surface area contributed by atoms with Crippen LogP contribution < -0.4 is 9.80 Å². The maximum absolute atomic E-state index is 15.5. The average molecular weight is 724 g/mol. The second-order valence-electron chi connectivity index (χ2n) is 14.1. The Balaban J connectivity index is 1.30. The maximum Gasteiger partial charge on any atom is 0.271 e. The van der Waals surface area contributed by atoms with Crippen molar-refractivity contribution in [1.82, 2.24) is 0 Å². The van der Waals surface area contributed by atoms with E-state index in [2.05, 4.69) is 0 Å². The molecule has 0 spiro atoms. The maximum atomic E-state index is 15.5. The van der Waals surface area contributed by atoms with Gasteiger partial charge < -0.3 is 5.11 Å². The van der Waals surface area contributed by atoms with Gasteiger partial charge in [0.05, 0.1) is 39.5 Å². The Morgan fingerprint density at radius 1 is 0.755 bits per heavy atom. The Labute approximate surface area is 308 Å². The highest BCUT2D eigenvalue weighted by atomic mass is 35.5. The highest BCUT2D eigenvalue weighted by Gasteiger charge is 2.70. The van der Waals surface area contributed by atoms with Gasteiger partial charge in [0.2, 0.25) is 23.6 Å². The molecule has 11 heteroatoms. The van der Waals surface area contributed by atoms with E-state index in [-0.39, 0.29) is 30.0 Å². The average Bonchev–Trinajstić information content (AvgIpc) is 3.56. The predicted molar refractivity (Wildman–Crippen MR) is 197 cm³/mol. The van der Waals surface area contributed by atoms with Crippen molar-refractivity contribution in [2.24, 2.45) is 23.7 Å². The van der Waals surface area contributed by atoms with E-state index in [0.29, 0.717) is 32.8 Å². The molecule has 0 radical (unpaired) electrons. The summed E-state index contributed by atoms with van der Waals surface area (Å²) < 4.78 is 0. The number of imide groups is 2. The lowest BCUT2D eigenvalue weighted by Crippen LogP contribution is -2.53. The summed E-state index contributed by atoms with van der Waals surface area (Å²) in [5.41, 5.74) is 0.299. The summed E-state index contributed by atoms with van der Waals surface area (Å²) in [6.45, 7) is 0. The van der Waals surface area contributed by atoms with E-state index in [1.807, 2.05) is 60.7 Å². The molecule has 2 saturated heterocycles. The zero-order chi connectivity index (χ0) is 36.8. The Morgan fingerprint density at radius 2 is 1.47 bits per heavy atom. The predicted octanol–water partition coefficient (Wildman–Crippen LogP) is 7.47. The third kappa shape index (κ3) is 4.58. The summed E-state index contributed by atoms with van der Waals surface area (Å²) in [5.74, 6) is -6.37. The first kappa shape index (κ1) is 32.8. The number of carbonyl (C=O) groups is 4. The number of phenols is 1. The Kier molecular flexibility index (Phi) is 7.39. The van der Waals surface area contributed by atoms with Crippen LogP contribution in [0.4, 0.5) is 17.1 Å². The van der Waals surface area contributed by atoms with Crippen molar-refractivity contribution in [3.63, 3.8) is 0 Å². The second-order valence-corrected chi connectivity index (χ2v) is 14.5. The van der Waals surface area contributed by atoms with Crippen LogP contribution in [0, 0.1) is 33.8 Å². The van der Waals surface area contributed by atoms with E-state index in [9.17, 15) is 24.8 Å². The SMILES string of the molecule is O=C1C2CC=C3C(CC4C(=O)N(c5cccc(Cl)c5)C(=O)C4(c4ccccc4)C3c3c(O)ccc4ccccc34)C2C(=O)N1c1cccc([N+](=O)[O-])c1. The smallest absolute Gasteiger partial charge is 0.271 e. The zero-order valence-corrected chi connectivity index (χ0v) is 28.7. The van der Waals surface area contributed by atoms with Gasteiger partial charge in [0.1, 0.15) is 5.75 Å². The first-order valence-electron chi connectivity index (χ1n) is 17.3. The molecule has 262 valence electrons. The molecule has 9 rings (SSSR count). The van der Waals surface area contributed by atoms with Gasteiger partial charge >= 0.3 is 0 Å². The lowest BCUT2D eigenvalue weighted by atomic mass is 9.48. The molecule has 0 aromatic heterocycles. The first-order chi connectivity index (χ1) is 25.6. The van der Waals surface area contributed by atoms with Crippen LogP contribution in [0.5, 0.6) is 5.75 Å². The molecule has 4 aliphatic rings. The van der Waals surface area contributed by atoms with Gasteiger partial charge in [0, 0.05) is 28.6 Å². The largest absolute Gasteiger partial charge is 0.508 e. The fraction of sp³-hybridized carbons (Fsp3) is 0.190. The van der Waals surface area contributed by atoms with Crippen LogP contribution in [0.3, 0.4) is 0 Å². The molecule has 53 heavy (non-hydrogen) atoms. The molecule has 10 nitrogen and oxygen atoms in total. The molecule has 6 atom stereocenters. The number of aromatic hydroxyl groups is 1. The number of anilines is 2. The number of non-ortho nitro benzene ring substituents is 1. The number of rotatable bonds is 5. The number of halogens is 1. The lowest BCUT2D eigenvalue weighted by molar-refractivity contribution is -0.384. The number of amides is 4. The molecule has 2 aliphatic carbocycles. The van der Waals surface area contributed by atoms with Crippen LogP contribution >= 0.6 is 11.6 Å². The minimum absolute atomic E-state index is 0.0629. The number of benzene rings is 5. The number of phenolic OH excluding ortho intramolecular Hbond substituents is 1. The second kappa shape index (κ2) is 12.0. The number of nitro groups is 1. The lowest BCUT2D eigenvalue weighted by Gasteiger charge is -2.51. The molecule has 6 unspecified atom stereocenters. The number of fused-ring (bicyclic) bond motifs is 5. The van der Waals surface area contributed by atoms with E-state index < -0.39 is 63.6 Å². The van der Waals surface area contributed by atoms with Crippen LogP contribution in [0.1, 0.15) is 29.9 Å². The van der Waals surface area contributed by atoms with Crippen molar-refractivity contribution in [3.05, 3.63) is 153 Å². The fourth-order valence-corrected chi connectivity index (χ4v) is 9.83. The van der Waals surface area contributed by atoms with Crippen molar-refractivity contribution < 1.29 is 29.2 Å². The number of nitro benzene ring substituents is 1. The molecule has 5 aromatic rings. The highest BCUT2D eigenvalue weighted by molar-refractivity contribution is 6.32. The van der Waals surface area contributed by atoms with Gasteiger partial charge in [-0.2, -0.15) is 0 Å². The Bertz CT molecular complexity index is 2470. The minimum Gasteiger partial charge on any atom is -0.508 e. The molecule has 1 saturated carbocycles. The summed E-state index contributed by atoms with van der Waals surface area (Å²) in [5, 5.41) is 25.4. The summed E-state index contributed by atoms with van der Waals surface area (Å²) in [6.07, 6.45) is 2.14. The summed E-state index contributed by atoms with van der Waals surface area (Å²) in [7, 11) is 0. The number of carbonyl (C=O) groups excluding carboxylic acids is 4. The third-order valence-corrected chi connectivity index (χ3v) is 11.9. The summed E-state index contributed by atoms with van der Waals surface area (Å²) in [6, 6.07) is 32.0. The van der Waals surface area contributed by atoms with Gasteiger partial charge in [-0.05, 0) is 65.4 Å². The van der Waals surface area contributed by atoms with Gasteiger partial charge in [-0.3, -0.25) is 29.3 Å². The normalized spacial score (nSPS) is 26.4. The van der Waals surface area contributed by atoms with Crippen molar-refractivity contribution >= 4 is 63.1 Å². The van der Waals surface area contributed by atoms with Gasteiger partial charge in [0.25, 0.3) is 5.69 Å². The van der Waals surface area contributed by atoms with Crippen LogP contribution in [-0.2, 0) is 24.6 Å². The third-order valence-electron chi connectivity index (χ3n) is 11.7. The van der Waals surface area contributed by atoms with Crippen LogP contribution in [-0.4, -0.2) is 33.7 Å². The fourth-order valence-electron chi connectivity index (χ4n) is 9.65. The van der Waals surface area contributed by atoms with E-state index in [1.54, 1.807) is 36.4 Å². The van der Waals surface area contributed by atoms with Gasteiger partial charge in [-0.15, -0.1) is 0 Å². The van der Waals surface area contributed by atoms with Gasteiger partial charge in [0.15, 0.2) is 0 Å². The van der Waals surface area contributed by atoms with Gasteiger partial charge in [-0.25, -0.2) is 9.80 Å². The monoisotopic (exact) mass is 723 g/mol. The van der Waals surface area contributed by atoms with Crippen molar-refractivity contribution in [2.45, 2.75) is 24.2 Å². The zero-order valence-electron chi connectivity index (χ0n) is 28.0. The quantitative estimate of drug-likeness (QED) is 0.0859. The standard InChI is InChI=1S/C42H30ClN3O7/c43-25-11-6-12-26(20-25)45-39(49)33-22-32-30(17-18-31-35(32)40(50)44(38(31)48)27-13-7-14-28(21-27)46(52)53)37(42(33,41(45)51)24-9-2-1-3-10-24)36-29-15-5-4-8-23(29)16-19-34(36)47/h1-17,19-21,31-33,35,37,47H,18,22H2. The Morgan fingerprint density at radius 3 is 2.23 bits per heavy atom. The van der Waals surface area contributed by atoms with E-state index in [4.69, 9.17) is 11.6 Å². The Hall–Kier alpha value is -6.13. The van der Waals surface area contributed by atoms with Crippen molar-refractivity contribution in [3.8, 4) is 5.75 Å². The van der Waals surface area contributed by atoms with Crippen molar-refractivity contribution in [2.75, 3.05) is 9.80 Å². The van der Waals surface area contributed by atoms with E-state index in [1.165, 1.54) is 29.2 Å². The molecular formula is C42H30ClN3O7. The van der Waals surface area contributed by atoms with Crippen LogP contribution in [0.25, 0.3) is 10.8 Å². The molecule has 2 heterocycles. The molecule has 5 aromatic carbocycles. The number of hydrogen-bond donors (Lipinski definition) is 1. The number of allylic oxidation sites excluding steroid dienone is 2. The van der Waals surface area contributed by atoms with Gasteiger partial charge in [-0.1, -0.05) is 96.0 Å². The summed E-state index contributed by atoms with van der Waals surface area (Å²) in [4.78, 5) is 72.5.